The number of hydrogen-bond acceptors (Lipinski definition) is 3. The van der Waals surface area contributed by atoms with E-state index in [4.69, 9.17) is 4.74 Å². The molecule has 2 atom stereocenters. The Morgan fingerprint density at radius 2 is 1.88 bits per heavy atom. The number of carbonyl (C=O) groups excluding carboxylic acids is 2. The van der Waals surface area contributed by atoms with E-state index in [1.54, 1.807) is 4.90 Å². The molecular weight excluding hydrogens is 328 g/mol. The monoisotopic (exact) mass is 350 g/mol. The largest absolute Gasteiger partial charge is 0.484 e. The Hall–Kier alpha value is -2.82. The van der Waals surface area contributed by atoms with Gasteiger partial charge in [0.1, 0.15) is 11.8 Å². The van der Waals surface area contributed by atoms with Crippen molar-refractivity contribution in [3.05, 3.63) is 59.7 Å². The third kappa shape index (κ3) is 2.94. The molecule has 134 valence electrons. The fourth-order valence-corrected chi connectivity index (χ4v) is 3.83. The summed E-state index contributed by atoms with van der Waals surface area (Å²) in [5.74, 6) is 0.548. The van der Waals surface area contributed by atoms with Crippen LogP contribution >= 0.6 is 0 Å². The van der Waals surface area contributed by atoms with Crippen molar-refractivity contribution in [2.24, 2.45) is 0 Å². The molecule has 0 N–H and O–H groups in total. The number of nitrogens with zero attached hydrogens (tertiary/aromatic N) is 2. The van der Waals surface area contributed by atoms with E-state index >= 15 is 0 Å². The van der Waals surface area contributed by atoms with E-state index in [-0.39, 0.29) is 30.5 Å². The van der Waals surface area contributed by atoms with Gasteiger partial charge in [-0.3, -0.25) is 9.59 Å². The molecule has 0 aromatic heterocycles. The number of piperazine rings is 1. The fraction of sp³-hybridized carbons (Fsp3) is 0.333. The lowest BCUT2D eigenvalue weighted by Gasteiger charge is -2.34. The predicted octanol–water partition coefficient (Wildman–Crippen LogP) is 2.70. The highest BCUT2D eigenvalue weighted by Gasteiger charge is 2.51. The molecule has 5 heteroatoms. The first kappa shape index (κ1) is 16.6. The molecule has 0 radical (unpaired) electrons. The Kier molecular flexibility index (Phi) is 4.15. The maximum Gasteiger partial charge on any atom is 0.261 e. The van der Waals surface area contributed by atoms with Gasteiger partial charge in [-0.1, -0.05) is 29.8 Å². The zero-order valence-electron chi connectivity index (χ0n) is 15.0. The normalized spacial score (nSPS) is 21.4. The highest BCUT2D eigenvalue weighted by atomic mass is 16.5. The van der Waals surface area contributed by atoms with E-state index in [0.717, 1.165) is 16.8 Å². The van der Waals surface area contributed by atoms with Crippen LogP contribution in [0.15, 0.2) is 48.5 Å². The summed E-state index contributed by atoms with van der Waals surface area (Å²) in [7, 11) is 0. The molecule has 0 unspecified atom stereocenters. The maximum absolute atomic E-state index is 12.8. The Morgan fingerprint density at radius 3 is 2.58 bits per heavy atom. The minimum atomic E-state index is -0.366. The van der Waals surface area contributed by atoms with Gasteiger partial charge in [0.2, 0.25) is 5.91 Å². The van der Waals surface area contributed by atoms with E-state index in [1.165, 1.54) is 0 Å². The minimum absolute atomic E-state index is 0.00976. The van der Waals surface area contributed by atoms with Crippen molar-refractivity contribution >= 4 is 17.5 Å². The number of amides is 2. The van der Waals surface area contributed by atoms with Gasteiger partial charge in [0.25, 0.3) is 5.91 Å². The molecule has 0 saturated carbocycles. The van der Waals surface area contributed by atoms with Crippen LogP contribution in [0.25, 0.3) is 0 Å². The van der Waals surface area contributed by atoms with Gasteiger partial charge in [0.05, 0.1) is 6.04 Å². The lowest BCUT2D eigenvalue weighted by atomic mass is 10.2. The van der Waals surface area contributed by atoms with Crippen LogP contribution < -0.4 is 9.64 Å². The summed E-state index contributed by atoms with van der Waals surface area (Å²) in [6.07, 6.45) is 0.697. The van der Waals surface area contributed by atoms with E-state index in [1.807, 2.05) is 67.3 Å². The number of hydrogen-bond donors (Lipinski definition) is 0. The summed E-state index contributed by atoms with van der Waals surface area (Å²) in [5, 5.41) is 0. The molecule has 2 fully saturated rings. The topological polar surface area (TPSA) is 49.9 Å². The number of likely N-dealkylation sites (tertiary alicyclic amines) is 1. The van der Waals surface area contributed by atoms with Crippen LogP contribution in [0, 0.1) is 13.8 Å². The standard InChI is InChI=1S/C21H22N2O3/c1-14-6-8-18(9-7-14)26-13-20(24)22-12-17-11-19(22)21(25)23(17)16-5-3-4-15(2)10-16/h3-10,17,19H,11-13H2,1-2H3/t17-,19-/m0/s1. The number of aryl methyl sites for hydroxylation is 2. The van der Waals surface area contributed by atoms with Gasteiger partial charge in [0, 0.05) is 12.2 Å². The van der Waals surface area contributed by atoms with Crippen LogP contribution in [0.4, 0.5) is 5.69 Å². The van der Waals surface area contributed by atoms with Crippen molar-refractivity contribution in [1.82, 2.24) is 4.90 Å². The van der Waals surface area contributed by atoms with Crippen LogP contribution in [-0.4, -0.2) is 41.9 Å². The number of anilines is 1. The zero-order valence-corrected chi connectivity index (χ0v) is 15.0. The van der Waals surface area contributed by atoms with Crippen molar-refractivity contribution < 1.29 is 14.3 Å². The van der Waals surface area contributed by atoms with Gasteiger partial charge in [-0.15, -0.1) is 0 Å². The quantitative estimate of drug-likeness (QED) is 0.852. The summed E-state index contributed by atoms with van der Waals surface area (Å²) in [5.41, 5.74) is 3.19. The summed E-state index contributed by atoms with van der Waals surface area (Å²) in [6, 6.07) is 15.2. The zero-order chi connectivity index (χ0) is 18.3. The first-order valence-electron chi connectivity index (χ1n) is 8.91. The van der Waals surface area contributed by atoms with Crippen molar-refractivity contribution in [1.29, 1.82) is 0 Å². The molecule has 2 bridgehead atoms. The summed E-state index contributed by atoms with van der Waals surface area (Å²) < 4.78 is 5.59. The minimum Gasteiger partial charge on any atom is -0.484 e. The van der Waals surface area contributed by atoms with E-state index in [0.29, 0.717) is 18.7 Å². The Balaban J connectivity index is 1.41. The van der Waals surface area contributed by atoms with Crippen LogP contribution in [0.1, 0.15) is 17.5 Å². The second-order valence-corrected chi connectivity index (χ2v) is 7.10. The Labute approximate surface area is 153 Å². The van der Waals surface area contributed by atoms with Gasteiger partial charge in [0.15, 0.2) is 6.61 Å². The molecule has 2 saturated heterocycles. The number of fused-ring (bicyclic) bond motifs is 2. The van der Waals surface area contributed by atoms with Crippen molar-refractivity contribution in [2.45, 2.75) is 32.4 Å². The molecule has 0 aliphatic carbocycles. The number of benzene rings is 2. The third-order valence-corrected chi connectivity index (χ3v) is 5.15. The smallest absolute Gasteiger partial charge is 0.261 e. The molecule has 5 nitrogen and oxygen atoms in total. The van der Waals surface area contributed by atoms with Gasteiger partial charge in [-0.2, -0.15) is 0 Å². The summed E-state index contributed by atoms with van der Waals surface area (Å²) >= 11 is 0. The molecule has 2 aromatic carbocycles. The van der Waals surface area contributed by atoms with Crippen molar-refractivity contribution in [2.75, 3.05) is 18.1 Å². The average molecular weight is 350 g/mol. The molecule has 0 spiro atoms. The number of rotatable bonds is 4. The highest BCUT2D eigenvalue weighted by Crippen LogP contribution is 2.36. The first-order chi connectivity index (χ1) is 12.5. The molecule has 2 amide bonds. The molecule has 26 heavy (non-hydrogen) atoms. The second-order valence-electron chi connectivity index (χ2n) is 7.10. The van der Waals surface area contributed by atoms with Crippen LogP contribution in [-0.2, 0) is 9.59 Å². The SMILES string of the molecule is Cc1ccc(OCC(=O)N2C[C@@H]3C[C@H]2C(=O)N3c2cccc(C)c2)cc1. The Bertz CT molecular complexity index is 847. The second kappa shape index (κ2) is 6.48. The fourth-order valence-electron chi connectivity index (χ4n) is 3.83. The number of ether oxygens (including phenoxy) is 1. The van der Waals surface area contributed by atoms with Crippen LogP contribution in [0.2, 0.25) is 0 Å². The molecule has 2 aromatic rings. The van der Waals surface area contributed by atoms with E-state index < -0.39 is 0 Å². The van der Waals surface area contributed by atoms with Gasteiger partial charge in [-0.25, -0.2) is 0 Å². The first-order valence-corrected chi connectivity index (χ1v) is 8.91. The lowest BCUT2D eigenvalue weighted by molar-refractivity contribution is -0.139. The summed E-state index contributed by atoms with van der Waals surface area (Å²) in [6.45, 7) is 4.55. The average Bonchev–Trinajstić information content (AvgIpc) is 3.19. The van der Waals surface area contributed by atoms with Gasteiger partial charge >= 0.3 is 0 Å². The van der Waals surface area contributed by atoms with Crippen molar-refractivity contribution in [3.63, 3.8) is 0 Å². The lowest BCUT2D eigenvalue weighted by Crippen LogP contribution is -2.53. The van der Waals surface area contributed by atoms with Gasteiger partial charge < -0.3 is 14.5 Å². The van der Waals surface area contributed by atoms with E-state index in [2.05, 4.69) is 0 Å². The molecular formula is C21H22N2O3. The van der Waals surface area contributed by atoms with Gasteiger partial charge in [-0.05, 0) is 50.1 Å². The van der Waals surface area contributed by atoms with Crippen LogP contribution in [0.3, 0.4) is 0 Å². The molecule has 2 aliphatic heterocycles. The molecule has 2 aliphatic rings. The molecule has 4 rings (SSSR count). The third-order valence-electron chi connectivity index (χ3n) is 5.15. The van der Waals surface area contributed by atoms with E-state index in [9.17, 15) is 9.59 Å². The highest BCUT2D eigenvalue weighted by molar-refractivity contribution is 6.03. The van der Waals surface area contributed by atoms with Crippen molar-refractivity contribution in [3.8, 4) is 5.75 Å². The maximum atomic E-state index is 12.8. The summed E-state index contributed by atoms with van der Waals surface area (Å²) in [4.78, 5) is 28.9. The molecule has 2 heterocycles. The van der Waals surface area contributed by atoms with Crippen LogP contribution in [0.5, 0.6) is 5.75 Å². The Morgan fingerprint density at radius 1 is 1.12 bits per heavy atom. The number of carbonyl (C=O) groups is 2. The predicted molar refractivity (Wildman–Crippen MR) is 99.2 cm³/mol.